The Kier molecular flexibility index (Phi) is 4.32. The molecule has 1 amide bonds. The molecule has 2 atom stereocenters. The van der Waals surface area contributed by atoms with Crippen LogP contribution in [0.25, 0.3) is 10.9 Å². The van der Waals surface area contributed by atoms with Gasteiger partial charge in [0.2, 0.25) is 5.91 Å². The van der Waals surface area contributed by atoms with E-state index in [9.17, 15) is 9.90 Å². The summed E-state index contributed by atoms with van der Waals surface area (Å²) >= 11 is 0. The van der Waals surface area contributed by atoms with Crippen molar-refractivity contribution in [3.8, 4) is 0 Å². The molecule has 0 aliphatic carbocycles. The number of aryl methyl sites for hydroxylation is 1. The average Bonchev–Trinajstić information content (AvgIpc) is 2.93. The van der Waals surface area contributed by atoms with E-state index in [2.05, 4.69) is 15.6 Å². The Morgan fingerprint density at radius 2 is 2.20 bits per heavy atom. The molecule has 0 bridgehead atoms. The van der Waals surface area contributed by atoms with Crippen LogP contribution in [0, 0.1) is 6.92 Å². The molecular formula is C14H18ClN3O2. The minimum absolute atomic E-state index is 0. The van der Waals surface area contributed by atoms with Crippen LogP contribution in [-0.4, -0.2) is 34.7 Å². The summed E-state index contributed by atoms with van der Waals surface area (Å²) in [5.74, 6) is -0.0943. The van der Waals surface area contributed by atoms with E-state index in [1.54, 1.807) is 0 Å². The largest absolute Gasteiger partial charge is 0.392 e. The molecule has 3 rings (SSSR count). The fourth-order valence-electron chi connectivity index (χ4n) is 2.50. The lowest BCUT2D eigenvalue weighted by atomic mass is 10.2. The highest BCUT2D eigenvalue weighted by atomic mass is 35.5. The number of anilines is 1. The number of aliphatic hydroxyl groups is 1. The molecule has 2 unspecified atom stereocenters. The van der Waals surface area contributed by atoms with Gasteiger partial charge in [0, 0.05) is 28.8 Å². The smallest absolute Gasteiger partial charge is 0.241 e. The van der Waals surface area contributed by atoms with Gasteiger partial charge < -0.3 is 20.7 Å². The molecule has 2 aromatic rings. The van der Waals surface area contributed by atoms with Crippen molar-refractivity contribution >= 4 is 34.9 Å². The summed E-state index contributed by atoms with van der Waals surface area (Å²) in [6.45, 7) is 2.48. The van der Waals surface area contributed by atoms with E-state index in [1.165, 1.54) is 0 Å². The van der Waals surface area contributed by atoms with Gasteiger partial charge in [0.25, 0.3) is 0 Å². The standard InChI is InChI=1S/C14H17N3O2.ClH/c1-8-4-9-5-10(2-3-12(9)16-8)17-14(19)13-6-11(18)7-15-13;/h2-5,11,13,15-16,18H,6-7H2,1H3,(H,17,19);1H. The van der Waals surface area contributed by atoms with Crippen molar-refractivity contribution in [1.82, 2.24) is 10.3 Å². The third-order valence-electron chi connectivity index (χ3n) is 3.45. The summed E-state index contributed by atoms with van der Waals surface area (Å²) in [7, 11) is 0. The lowest BCUT2D eigenvalue weighted by Gasteiger charge is -2.11. The van der Waals surface area contributed by atoms with Gasteiger partial charge in [-0.3, -0.25) is 4.79 Å². The summed E-state index contributed by atoms with van der Waals surface area (Å²) in [6.07, 6.45) is 0.0442. The molecule has 108 valence electrons. The van der Waals surface area contributed by atoms with E-state index in [0.717, 1.165) is 22.3 Å². The van der Waals surface area contributed by atoms with Gasteiger partial charge in [-0.05, 0) is 37.6 Å². The zero-order valence-electron chi connectivity index (χ0n) is 11.1. The fraction of sp³-hybridized carbons (Fsp3) is 0.357. The second-order valence-corrected chi connectivity index (χ2v) is 5.09. The summed E-state index contributed by atoms with van der Waals surface area (Å²) in [5.41, 5.74) is 2.93. The fourth-order valence-corrected chi connectivity index (χ4v) is 2.50. The third-order valence-corrected chi connectivity index (χ3v) is 3.45. The molecule has 20 heavy (non-hydrogen) atoms. The Balaban J connectivity index is 0.00000147. The number of hydrogen-bond donors (Lipinski definition) is 4. The molecule has 1 fully saturated rings. The molecule has 1 aliphatic rings. The van der Waals surface area contributed by atoms with Crippen LogP contribution >= 0.6 is 12.4 Å². The molecule has 0 spiro atoms. The number of aromatic amines is 1. The number of halogens is 1. The topological polar surface area (TPSA) is 77.2 Å². The number of nitrogens with one attached hydrogen (secondary N) is 3. The molecule has 1 saturated heterocycles. The zero-order chi connectivity index (χ0) is 13.4. The van der Waals surface area contributed by atoms with Gasteiger partial charge in [-0.1, -0.05) is 0 Å². The van der Waals surface area contributed by atoms with E-state index in [1.807, 2.05) is 31.2 Å². The Morgan fingerprint density at radius 3 is 2.90 bits per heavy atom. The van der Waals surface area contributed by atoms with Crippen molar-refractivity contribution in [2.24, 2.45) is 0 Å². The number of aliphatic hydroxyl groups excluding tert-OH is 1. The van der Waals surface area contributed by atoms with Gasteiger partial charge >= 0.3 is 0 Å². The lowest BCUT2D eigenvalue weighted by Crippen LogP contribution is -2.35. The van der Waals surface area contributed by atoms with Gasteiger partial charge in [-0.2, -0.15) is 0 Å². The summed E-state index contributed by atoms with van der Waals surface area (Å²) in [4.78, 5) is 15.3. The number of benzene rings is 1. The molecule has 0 radical (unpaired) electrons. The van der Waals surface area contributed by atoms with E-state index < -0.39 is 6.10 Å². The van der Waals surface area contributed by atoms with Crippen molar-refractivity contribution in [2.45, 2.75) is 25.5 Å². The number of rotatable bonds is 2. The average molecular weight is 296 g/mol. The van der Waals surface area contributed by atoms with Crippen LogP contribution in [0.4, 0.5) is 5.69 Å². The van der Waals surface area contributed by atoms with E-state index in [-0.39, 0.29) is 24.4 Å². The van der Waals surface area contributed by atoms with Crippen LogP contribution < -0.4 is 10.6 Å². The van der Waals surface area contributed by atoms with Crippen LogP contribution in [-0.2, 0) is 4.79 Å². The highest BCUT2D eigenvalue weighted by molar-refractivity contribution is 5.97. The molecule has 4 N–H and O–H groups in total. The number of amides is 1. The molecule has 0 saturated carbocycles. The van der Waals surface area contributed by atoms with Crippen molar-refractivity contribution < 1.29 is 9.90 Å². The number of fused-ring (bicyclic) bond motifs is 1. The Hall–Kier alpha value is -1.56. The molecule has 2 heterocycles. The number of H-pyrrole nitrogens is 1. The maximum atomic E-state index is 12.0. The van der Waals surface area contributed by atoms with Gasteiger partial charge in [0.05, 0.1) is 12.1 Å². The molecule has 1 aromatic heterocycles. The molecule has 6 heteroatoms. The first kappa shape index (κ1) is 14.8. The molecule has 1 aliphatic heterocycles. The summed E-state index contributed by atoms with van der Waals surface area (Å²) < 4.78 is 0. The monoisotopic (exact) mass is 295 g/mol. The van der Waals surface area contributed by atoms with Crippen molar-refractivity contribution in [3.05, 3.63) is 30.0 Å². The summed E-state index contributed by atoms with van der Waals surface area (Å²) in [6, 6.07) is 7.51. The maximum Gasteiger partial charge on any atom is 0.241 e. The first-order chi connectivity index (χ1) is 9.11. The quantitative estimate of drug-likeness (QED) is 0.679. The highest BCUT2D eigenvalue weighted by Gasteiger charge is 2.27. The number of aromatic nitrogens is 1. The van der Waals surface area contributed by atoms with Crippen LogP contribution in [0.5, 0.6) is 0 Å². The van der Waals surface area contributed by atoms with E-state index in [4.69, 9.17) is 0 Å². The SMILES string of the molecule is Cc1cc2cc(NC(=O)C3CC(O)CN3)ccc2[nH]1.Cl. The molecule has 1 aromatic carbocycles. The molecule has 5 nitrogen and oxygen atoms in total. The van der Waals surface area contributed by atoms with Crippen LogP contribution in [0.1, 0.15) is 12.1 Å². The summed E-state index contributed by atoms with van der Waals surface area (Å²) in [5, 5.41) is 16.4. The third kappa shape index (κ3) is 2.95. The number of β-amino-alcohol motifs (C(OH)–C–C–N with tert-alkyl or cyclic N) is 1. The van der Waals surface area contributed by atoms with Crippen molar-refractivity contribution in [2.75, 3.05) is 11.9 Å². The van der Waals surface area contributed by atoms with Gasteiger partial charge in [0.1, 0.15) is 0 Å². The van der Waals surface area contributed by atoms with E-state index in [0.29, 0.717) is 13.0 Å². The Labute approximate surface area is 123 Å². The van der Waals surface area contributed by atoms with Gasteiger partial charge in [-0.15, -0.1) is 12.4 Å². The van der Waals surface area contributed by atoms with Crippen molar-refractivity contribution in [1.29, 1.82) is 0 Å². The first-order valence-electron chi connectivity index (χ1n) is 6.43. The number of carbonyl (C=O) groups is 1. The molecular weight excluding hydrogens is 278 g/mol. The second-order valence-electron chi connectivity index (χ2n) is 5.09. The van der Waals surface area contributed by atoms with Crippen LogP contribution in [0.3, 0.4) is 0 Å². The highest BCUT2D eigenvalue weighted by Crippen LogP contribution is 2.20. The first-order valence-corrected chi connectivity index (χ1v) is 6.43. The van der Waals surface area contributed by atoms with Crippen LogP contribution in [0.2, 0.25) is 0 Å². The number of carbonyl (C=O) groups excluding carboxylic acids is 1. The van der Waals surface area contributed by atoms with Gasteiger partial charge in [0.15, 0.2) is 0 Å². The maximum absolute atomic E-state index is 12.0. The predicted octanol–water partition coefficient (Wildman–Crippen LogP) is 1.56. The normalized spacial score (nSPS) is 21.7. The van der Waals surface area contributed by atoms with Crippen molar-refractivity contribution in [3.63, 3.8) is 0 Å². The second kappa shape index (κ2) is 5.83. The lowest BCUT2D eigenvalue weighted by molar-refractivity contribution is -0.117. The predicted molar refractivity (Wildman–Crippen MR) is 81.3 cm³/mol. The Morgan fingerprint density at radius 1 is 1.40 bits per heavy atom. The minimum atomic E-state index is -0.425. The Bertz CT molecular complexity index is 626. The van der Waals surface area contributed by atoms with E-state index >= 15 is 0 Å². The number of hydrogen-bond acceptors (Lipinski definition) is 3. The van der Waals surface area contributed by atoms with Gasteiger partial charge in [-0.25, -0.2) is 0 Å². The minimum Gasteiger partial charge on any atom is -0.392 e. The zero-order valence-corrected chi connectivity index (χ0v) is 12.0. The van der Waals surface area contributed by atoms with Crippen LogP contribution in [0.15, 0.2) is 24.3 Å².